The number of aryl methyl sites for hydroxylation is 1. The molecular formula is C18H22N6O6. The maximum Gasteiger partial charge on any atom is 0.328 e. The van der Waals surface area contributed by atoms with E-state index in [9.17, 15) is 24.0 Å². The summed E-state index contributed by atoms with van der Waals surface area (Å²) in [4.78, 5) is 64.8. The van der Waals surface area contributed by atoms with E-state index in [1.54, 1.807) is 6.92 Å². The molecule has 160 valence electrons. The molecule has 0 spiro atoms. The number of methoxy groups -OCH3 is 1. The molecule has 1 amide bonds. The first-order valence-corrected chi connectivity index (χ1v) is 9.22. The summed E-state index contributed by atoms with van der Waals surface area (Å²) in [6.07, 6.45) is 1.48. The first-order valence-electron chi connectivity index (χ1n) is 9.22. The minimum atomic E-state index is -0.585. The zero-order chi connectivity index (χ0) is 21.8. The molecule has 5 N–H and O–H groups in total. The van der Waals surface area contributed by atoms with Crippen molar-refractivity contribution >= 4 is 16.9 Å². The van der Waals surface area contributed by atoms with Crippen molar-refractivity contribution in [2.24, 2.45) is 0 Å². The largest absolute Gasteiger partial charge is 0.383 e. The van der Waals surface area contributed by atoms with Crippen molar-refractivity contribution in [3.05, 3.63) is 64.4 Å². The number of rotatable bonds is 8. The molecule has 3 aromatic heterocycles. The van der Waals surface area contributed by atoms with E-state index in [4.69, 9.17) is 4.74 Å². The van der Waals surface area contributed by atoms with Crippen molar-refractivity contribution in [3.63, 3.8) is 0 Å². The van der Waals surface area contributed by atoms with Crippen LogP contribution < -0.4 is 27.7 Å². The van der Waals surface area contributed by atoms with Gasteiger partial charge in [-0.25, -0.2) is 4.79 Å². The summed E-state index contributed by atoms with van der Waals surface area (Å²) in [6, 6.07) is 0. The first kappa shape index (κ1) is 21.0. The molecule has 0 radical (unpaired) electrons. The van der Waals surface area contributed by atoms with Crippen LogP contribution in [0.15, 0.2) is 25.4 Å². The van der Waals surface area contributed by atoms with Crippen molar-refractivity contribution in [1.29, 1.82) is 0 Å². The van der Waals surface area contributed by atoms with Crippen LogP contribution in [0.2, 0.25) is 0 Å². The van der Waals surface area contributed by atoms with Gasteiger partial charge in [-0.15, -0.1) is 0 Å². The average Bonchev–Trinajstić information content (AvgIpc) is 3.06. The van der Waals surface area contributed by atoms with Crippen LogP contribution >= 0.6 is 0 Å². The van der Waals surface area contributed by atoms with Gasteiger partial charge in [0.05, 0.1) is 24.1 Å². The quantitative estimate of drug-likeness (QED) is 0.301. The lowest BCUT2D eigenvalue weighted by molar-refractivity contribution is -0.121. The molecule has 0 saturated carbocycles. The number of hydrogen-bond donors (Lipinski definition) is 5. The zero-order valence-electron chi connectivity index (χ0n) is 16.5. The highest BCUT2D eigenvalue weighted by molar-refractivity contribution is 5.79. The molecule has 3 rings (SSSR count). The molecule has 0 aliphatic carbocycles. The monoisotopic (exact) mass is 418 g/mol. The summed E-state index contributed by atoms with van der Waals surface area (Å²) >= 11 is 0. The van der Waals surface area contributed by atoms with Gasteiger partial charge in [-0.3, -0.25) is 38.9 Å². The third-order valence-corrected chi connectivity index (χ3v) is 4.82. The summed E-state index contributed by atoms with van der Waals surface area (Å²) in [6.45, 7) is 2.12. The molecule has 0 bridgehead atoms. The Morgan fingerprint density at radius 2 is 1.87 bits per heavy atom. The maximum absolute atomic E-state index is 12.2. The van der Waals surface area contributed by atoms with Gasteiger partial charge in [-0.2, -0.15) is 0 Å². The van der Waals surface area contributed by atoms with Crippen LogP contribution in [0.1, 0.15) is 23.1 Å². The number of aromatic nitrogens is 5. The van der Waals surface area contributed by atoms with Gasteiger partial charge in [0.25, 0.3) is 16.7 Å². The van der Waals surface area contributed by atoms with Gasteiger partial charge in [0.1, 0.15) is 5.65 Å². The van der Waals surface area contributed by atoms with Crippen LogP contribution in [0.5, 0.6) is 0 Å². The van der Waals surface area contributed by atoms with Gasteiger partial charge in [0, 0.05) is 31.8 Å². The molecule has 0 aliphatic heterocycles. The fourth-order valence-corrected chi connectivity index (χ4v) is 3.18. The second-order valence-electron chi connectivity index (χ2n) is 6.76. The smallest absolute Gasteiger partial charge is 0.328 e. The van der Waals surface area contributed by atoms with Crippen LogP contribution in [-0.4, -0.2) is 44.4 Å². The Morgan fingerprint density at radius 1 is 1.10 bits per heavy atom. The lowest BCUT2D eigenvalue weighted by Crippen LogP contribution is -2.35. The summed E-state index contributed by atoms with van der Waals surface area (Å²) in [5.41, 5.74) is -0.515. The van der Waals surface area contributed by atoms with Gasteiger partial charge in [0.15, 0.2) is 0 Å². The van der Waals surface area contributed by atoms with E-state index in [1.165, 1.54) is 17.9 Å². The minimum absolute atomic E-state index is 0.0149. The Bertz CT molecular complexity index is 1310. The van der Waals surface area contributed by atoms with E-state index < -0.39 is 11.2 Å². The number of amides is 1. The molecule has 3 heterocycles. The minimum Gasteiger partial charge on any atom is -0.383 e. The molecule has 12 heteroatoms. The van der Waals surface area contributed by atoms with E-state index in [1.807, 2.05) is 0 Å². The fourth-order valence-electron chi connectivity index (χ4n) is 3.18. The Balaban J connectivity index is 1.68. The Morgan fingerprint density at radius 3 is 2.60 bits per heavy atom. The van der Waals surface area contributed by atoms with Gasteiger partial charge < -0.3 is 15.0 Å². The standard InChI is InChI=1S/C18H22N6O6/c1-9-11(16(27)20-14-13(9)17(28)23-22-14)3-4-12(25)19-7-10-8-24(5-6-30-2)18(29)21-15(10)26/h8H,3-7H2,1-2H3,(H,19,25)(H,21,26,29)(H3,20,22,23,27,28). The van der Waals surface area contributed by atoms with E-state index in [-0.39, 0.29) is 48.5 Å². The van der Waals surface area contributed by atoms with Gasteiger partial charge in [-0.1, -0.05) is 0 Å². The van der Waals surface area contributed by atoms with Crippen molar-refractivity contribution in [2.75, 3.05) is 13.7 Å². The Kier molecular flexibility index (Phi) is 6.16. The van der Waals surface area contributed by atoms with Crippen LogP contribution in [-0.2, 0) is 29.0 Å². The van der Waals surface area contributed by atoms with Crippen molar-refractivity contribution in [2.45, 2.75) is 32.9 Å². The van der Waals surface area contributed by atoms with Gasteiger partial charge >= 0.3 is 5.69 Å². The second-order valence-corrected chi connectivity index (χ2v) is 6.76. The number of carbonyl (C=O) groups is 1. The number of fused-ring (bicyclic) bond motifs is 1. The van der Waals surface area contributed by atoms with E-state index in [2.05, 4.69) is 25.5 Å². The molecule has 3 aromatic rings. The number of aromatic amines is 4. The molecule has 0 atom stereocenters. The molecule has 12 nitrogen and oxygen atoms in total. The predicted octanol–water partition coefficient (Wildman–Crippen LogP) is -1.40. The number of ether oxygens (including phenoxy) is 1. The second kappa shape index (κ2) is 8.78. The first-order chi connectivity index (χ1) is 14.3. The Hall–Kier alpha value is -3.67. The summed E-state index contributed by atoms with van der Waals surface area (Å²) in [5, 5.41) is 7.94. The summed E-state index contributed by atoms with van der Waals surface area (Å²) < 4.78 is 6.21. The fraction of sp³-hybridized carbons (Fsp3) is 0.389. The average molecular weight is 418 g/mol. The lowest BCUT2D eigenvalue weighted by atomic mass is 10.0. The number of pyridine rings is 1. The number of hydrogen-bond acceptors (Lipinski definition) is 6. The number of nitrogens with zero attached hydrogens (tertiary/aromatic N) is 1. The summed E-state index contributed by atoms with van der Waals surface area (Å²) in [5.74, 6) is -0.383. The highest BCUT2D eigenvalue weighted by atomic mass is 16.5. The van der Waals surface area contributed by atoms with Crippen LogP contribution in [0, 0.1) is 6.92 Å². The molecular weight excluding hydrogens is 396 g/mol. The molecule has 30 heavy (non-hydrogen) atoms. The molecule has 0 unspecified atom stereocenters. The molecule has 0 aliphatic rings. The molecule has 0 saturated heterocycles. The number of carbonyl (C=O) groups excluding carboxylic acids is 1. The SMILES string of the molecule is COCCn1cc(CNC(=O)CCc2c(C)c3c(=O)[nH][nH]c3[nH]c2=O)c(=O)[nH]c1=O. The van der Waals surface area contributed by atoms with Gasteiger partial charge in [0.2, 0.25) is 5.91 Å². The van der Waals surface area contributed by atoms with E-state index in [0.29, 0.717) is 28.8 Å². The highest BCUT2D eigenvalue weighted by Gasteiger charge is 2.15. The van der Waals surface area contributed by atoms with Gasteiger partial charge in [-0.05, 0) is 18.9 Å². The van der Waals surface area contributed by atoms with E-state index in [0.717, 1.165) is 0 Å². The maximum atomic E-state index is 12.2. The third-order valence-electron chi connectivity index (χ3n) is 4.82. The van der Waals surface area contributed by atoms with Crippen LogP contribution in [0.3, 0.4) is 0 Å². The topological polar surface area (TPSA) is 175 Å². The van der Waals surface area contributed by atoms with Crippen molar-refractivity contribution in [1.82, 2.24) is 30.0 Å². The van der Waals surface area contributed by atoms with Crippen LogP contribution in [0.4, 0.5) is 0 Å². The molecule has 0 aromatic carbocycles. The Labute approximate surface area is 168 Å². The highest BCUT2D eigenvalue weighted by Crippen LogP contribution is 2.12. The number of nitrogens with one attached hydrogen (secondary N) is 5. The zero-order valence-corrected chi connectivity index (χ0v) is 16.5. The van der Waals surface area contributed by atoms with Crippen LogP contribution in [0.25, 0.3) is 11.0 Å². The normalized spacial score (nSPS) is 11.1. The third kappa shape index (κ3) is 4.33. The van der Waals surface area contributed by atoms with Crippen molar-refractivity contribution < 1.29 is 9.53 Å². The predicted molar refractivity (Wildman–Crippen MR) is 108 cm³/mol. The van der Waals surface area contributed by atoms with Crippen molar-refractivity contribution in [3.8, 4) is 0 Å². The molecule has 0 fully saturated rings. The van der Waals surface area contributed by atoms with E-state index >= 15 is 0 Å². The lowest BCUT2D eigenvalue weighted by Gasteiger charge is -2.09. The summed E-state index contributed by atoms with van der Waals surface area (Å²) in [7, 11) is 1.49. The number of H-pyrrole nitrogens is 4.